The van der Waals surface area contributed by atoms with Crippen LogP contribution in [0.3, 0.4) is 0 Å². The number of benzene rings is 3. The van der Waals surface area contributed by atoms with Crippen molar-refractivity contribution in [1.29, 1.82) is 5.26 Å². The van der Waals surface area contributed by atoms with Crippen molar-refractivity contribution >= 4 is 21.8 Å². The minimum atomic E-state index is -0.00756. The molecule has 5 nitrogen and oxygen atoms in total. The van der Waals surface area contributed by atoms with Gasteiger partial charge < -0.3 is 5.11 Å². The highest BCUT2D eigenvalue weighted by Crippen LogP contribution is 2.35. The monoisotopic (exact) mass is 286 g/mol. The highest BCUT2D eigenvalue weighted by molar-refractivity contribution is 6.04. The normalized spacial score (nSPS) is 10.9. The van der Waals surface area contributed by atoms with Gasteiger partial charge in [-0.1, -0.05) is 35.5 Å². The van der Waals surface area contributed by atoms with Crippen molar-refractivity contribution in [2.75, 3.05) is 0 Å². The summed E-state index contributed by atoms with van der Waals surface area (Å²) in [7, 11) is 0. The molecule has 1 heterocycles. The first-order valence-electron chi connectivity index (χ1n) is 6.75. The van der Waals surface area contributed by atoms with E-state index >= 15 is 0 Å². The maximum Gasteiger partial charge on any atom is 0.155 e. The van der Waals surface area contributed by atoms with E-state index in [2.05, 4.69) is 16.4 Å². The molecule has 0 unspecified atom stereocenters. The molecule has 0 bridgehead atoms. The highest BCUT2D eigenvalue weighted by atomic mass is 16.3. The maximum absolute atomic E-state index is 10.5. The van der Waals surface area contributed by atoms with Crippen molar-refractivity contribution in [1.82, 2.24) is 15.0 Å². The Balaban J connectivity index is 2.12. The van der Waals surface area contributed by atoms with Crippen molar-refractivity contribution in [2.24, 2.45) is 0 Å². The molecule has 1 N–H and O–H groups in total. The molecule has 4 rings (SSSR count). The molecule has 0 saturated carbocycles. The first kappa shape index (κ1) is 12.4. The van der Waals surface area contributed by atoms with Crippen LogP contribution in [-0.4, -0.2) is 20.1 Å². The molecular weight excluding hydrogens is 276 g/mol. The second-order valence-electron chi connectivity index (χ2n) is 4.95. The Morgan fingerprint density at radius 2 is 1.86 bits per heavy atom. The molecule has 0 fully saturated rings. The first-order valence-corrected chi connectivity index (χ1v) is 6.75. The van der Waals surface area contributed by atoms with Gasteiger partial charge in [-0.3, -0.25) is 0 Å². The van der Waals surface area contributed by atoms with Gasteiger partial charge in [0, 0.05) is 5.39 Å². The zero-order chi connectivity index (χ0) is 15.1. The summed E-state index contributed by atoms with van der Waals surface area (Å²) in [5.74, 6) is -0.00756. The van der Waals surface area contributed by atoms with Crippen LogP contribution in [0.1, 0.15) is 5.56 Å². The van der Waals surface area contributed by atoms with Gasteiger partial charge in [0.25, 0.3) is 0 Å². The molecule has 0 saturated heterocycles. The summed E-state index contributed by atoms with van der Waals surface area (Å²) in [5, 5.41) is 29.2. The van der Waals surface area contributed by atoms with E-state index in [0.29, 0.717) is 22.0 Å². The molecule has 4 aromatic rings. The molecule has 0 amide bonds. The average Bonchev–Trinajstić information content (AvgIpc) is 2.99. The number of phenolic OH excluding ortho intramolecular Hbond substituents is 1. The minimum absolute atomic E-state index is 0.00756. The summed E-state index contributed by atoms with van der Waals surface area (Å²) in [6.45, 7) is 0. The van der Waals surface area contributed by atoms with Crippen molar-refractivity contribution in [2.45, 2.75) is 0 Å². The van der Waals surface area contributed by atoms with Gasteiger partial charge in [0.05, 0.1) is 22.8 Å². The van der Waals surface area contributed by atoms with Crippen molar-refractivity contribution in [3.05, 3.63) is 60.2 Å². The topological polar surface area (TPSA) is 74.7 Å². The van der Waals surface area contributed by atoms with Gasteiger partial charge in [-0.2, -0.15) is 5.26 Å². The third-order valence-corrected chi connectivity index (χ3v) is 3.68. The molecular formula is C17H10N4O. The van der Waals surface area contributed by atoms with Crippen LogP contribution >= 0.6 is 0 Å². The number of aromatic hydroxyl groups is 1. The number of aromatic nitrogens is 3. The predicted octanol–water partition coefficient (Wildman–Crippen LogP) is 3.15. The fraction of sp³-hybridized carbons (Fsp3) is 0. The second-order valence-corrected chi connectivity index (χ2v) is 4.95. The Morgan fingerprint density at radius 1 is 1.05 bits per heavy atom. The number of para-hydroxylation sites is 1. The number of nitriles is 1. The van der Waals surface area contributed by atoms with Crippen LogP contribution in [0, 0.1) is 11.3 Å². The molecule has 0 aliphatic rings. The summed E-state index contributed by atoms with van der Waals surface area (Å²) in [6.07, 6.45) is 0. The van der Waals surface area contributed by atoms with Gasteiger partial charge in [0.2, 0.25) is 0 Å². The largest absolute Gasteiger partial charge is 0.505 e. The van der Waals surface area contributed by atoms with E-state index in [0.717, 1.165) is 11.1 Å². The maximum atomic E-state index is 10.5. The Hall–Kier alpha value is -3.39. The van der Waals surface area contributed by atoms with Crippen molar-refractivity contribution in [3.8, 4) is 17.5 Å². The highest BCUT2D eigenvalue weighted by Gasteiger charge is 2.16. The molecule has 22 heavy (non-hydrogen) atoms. The first-order chi connectivity index (χ1) is 10.8. The van der Waals surface area contributed by atoms with Crippen LogP contribution in [0.4, 0.5) is 0 Å². The Bertz CT molecular complexity index is 1050. The number of hydrogen-bond acceptors (Lipinski definition) is 4. The van der Waals surface area contributed by atoms with Gasteiger partial charge in [-0.15, -0.1) is 5.10 Å². The van der Waals surface area contributed by atoms with E-state index in [4.69, 9.17) is 0 Å². The van der Waals surface area contributed by atoms with Gasteiger partial charge in [0.1, 0.15) is 0 Å². The molecule has 104 valence electrons. The third-order valence-electron chi connectivity index (χ3n) is 3.68. The second kappa shape index (κ2) is 4.57. The molecule has 0 spiro atoms. The quantitative estimate of drug-likeness (QED) is 0.583. The molecule has 0 aliphatic carbocycles. The minimum Gasteiger partial charge on any atom is -0.505 e. The molecule has 0 radical (unpaired) electrons. The fourth-order valence-electron chi connectivity index (χ4n) is 2.66. The molecule has 0 aliphatic heterocycles. The van der Waals surface area contributed by atoms with E-state index in [9.17, 15) is 10.4 Å². The number of phenols is 1. The fourth-order valence-corrected chi connectivity index (χ4v) is 2.66. The SMILES string of the molecule is N#Cc1cccc2cc3c(nnn3-c3ccccc3)c(O)c12. The smallest absolute Gasteiger partial charge is 0.155 e. The molecule has 1 aromatic heterocycles. The summed E-state index contributed by atoms with van der Waals surface area (Å²) < 4.78 is 1.67. The van der Waals surface area contributed by atoms with Gasteiger partial charge in [0.15, 0.2) is 11.3 Å². The number of rotatable bonds is 1. The van der Waals surface area contributed by atoms with Crippen LogP contribution < -0.4 is 0 Å². The molecule has 5 heteroatoms. The summed E-state index contributed by atoms with van der Waals surface area (Å²) in [6, 6.07) is 18.9. The van der Waals surface area contributed by atoms with E-state index in [1.54, 1.807) is 16.8 Å². The number of hydrogen-bond donors (Lipinski definition) is 1. The number of nitrogens with zero attached hydrogens (tertiary/aromatic N) is 4. The lowest BCUT2D eigenvalue weighted by molar-refractivity contribution is 0.486. The Kier molecular flexibility index (Phi) is 2.57. The molecule has 3 aromatic carbocycles. The van der Waals surface area contributed by atoms with E-state index in [1.165, 1.54) is 0 Å². The lowest BCUT2D eigenvalue weighted by atomic mass is 10.0. The average molecular weight is 286 g/mol. The lowest BCUT2D eigenvalue weighted by Gasteiger charge is -2.06. The zero-order valence-electron chi connectivity index (χ0n) is 11.4. The van der Waals surface area contributed by atoms with Gasteiger partial charge >= 0.3 is 0 Å². The number of fused-ring (bicyclic) bond motifs is 2. The van der Waals surface area contributed by atoms with Crippen LogP contribution in [0.5, 0.6) is 5.75 Å². The summed E-state index contributed by atoms with van der Waals surface area (Å²) in [5.41, 5.74) is 2.37. The lowest BCUT2D eigenvalue weighted by Crippen LogP contribution is -1.95. The van der Waals surface area contributed by atoms with Crippen LogP contribution in [0.15, 0.2) is 54.6 Å². The van der Waals surface area contributed by atoms with E-state index < -0.39 is 0 Å². The standard InChI is InChI=1S/C17H10N4O/c18-10-12-6-4-5-11-9-14-16(17(22)15(11)12)19-20-21(14)13-7-2-1-3-8-13/h1-9,22H. The van der Waals surface area contributed by atoms with Crippen molar-refractivity contribution in [3.63, 3.8) is 0 Å². The van der Waals surface area contributed by atoms with Crippen LogP contribution in [0.25, 0.3) is 27.5 Å². The Labute approximate surface area is 125 Å². The molecule has 0 atom stereocenters. The zero-order valence-corrected chi connectivity index (χ0v) is 11.4. The van der Waals surface area contributed by atoms with Crippen LogP contribution in [-0.2, 0) is 0 Å². The third kappa shape index (κ3) is 1.64. The van der Waals surface area contributed by atoms with Gasteiger partial charge in [-0.25, -0.2) is 4.68 Å². The predicted molar refractivity (Wildman–Crippen MR) is 82.8 cm³/mol. The van der Waals surface area contributed by atoms with Crippen molar-refractivity contribution < 1.29 is 5.11 Å². The van der Waals surface area contributed by atoms with Gasteiger partial charge in [-0.05, 0) is 29.7 Å². The Morgan fingerprint density at radius 3 is 2.64 bits per heavy atom. The van der Waals surface area contributed by atoms with E-state index in [-0.39, 0.29) is 5.75 Å². The van der Waals surface area contributed by atoms with Crippen LogP contribution in [0.2, 0.25) is 0 Å². The summed E-state index contributed by atoms with van der Waals surface area (Å²) in [4.78, 5) is 0. The van der Waals surface area contributed by atoms with E-state index in [1.807, 2.05) is 42.5 Å². The summed E-state index contributed by atoms with van der Waals surface area (Å²) >= 11 is 0.